The van der Waals surface area contributed by atoms with Gasteiger partial charge in [0.2, 0.25) is 0 Å². The summed E-state index contributed by atoms with van der Waals surface area (Å²) in [7, 11) is 0. The number of rotatable bonds is 74. The van der Waals surface area contributed by atoms with Gasteiger partial charge in [0, 0.05) is 22.0 Å². The maximum absolute atomic E-state index is 11.9. The first-order valence-corrected chi connectivity index (χ1v) is 41.3. The predicted octanol–water partition coefficient (Wildman–Crippen LogP) is 26.5. The molecule has 0 aliphatic heterocycles. The van der Waals surface area contributed by atoms with Gasteiger partial charge < -0.3 is 19.7 Å². The Morgan fingerprint density at radius 1 is 0.273 bits per heavy atom. The topological polar surface area (TPSA) is 127 Å². The Morgan fingerprint density at radius 3 is 0.705 bits per heavy atom. The summed E-state index contributed by atoms with van der Waals surface area (Å²) < 4.78 is 10.4. The van der Waals surface area contributed by atoms with E-state index in [0.717, 1.165) is 64.2 Å². The van der Waals surface area contributed by atoms with Gasteiger partial charge in [-0.25, -0.2) is 0 Å². The lowest BCUT2D eigenvalue weighted by atomic mass is 9.90. The minimum absolute atomic E-state index is 0.109. The molecule has 0 spiro atoms. The molecule has 0 amide bonds. The molecule has 0 atom stereocenters. The van der Waals surface area contributed by atoms with Gasteiger partial charge in [0.25, 0.3) is 0 Å². The molecule has 0 aromatic rings. The number of carboxylic acids is 2. The van der Waals surface area contributed by atoms with Crippen LogP contribution in [0.4, 0.5) is 0 Å². The maximum Gasteiger partial charge on any atom is 0.306 e. The van der Waals surface area contributed by atoms with E-state index in [1.165, 1.54) is 321 Å². The van der Waals surface area contributed by atoms with E-state index in [4.69, 9.17) is 9.47 Å². The number of esters is 2. The zero-order valence-corrected chi connectivity index (χ0v) is 61.1. The fraction of sp³-hybridized carbons (Fsp3) is 0.949. The number of carboxylic acid groups (broad SMARTS) is 2. The summed E-state index contributed by atoms with van der Waals surface area (Å²) in [5.74, 6) is 0.196. The van der Waals surface area contributed by atoms with Crippen LogP contribution in [0, 0.1) is 0 Å². The minimum Gasteiger partial charge on any atom is -0.481 e. The second-order valence-corrected chi connectivity index (χ2v) is 29.7. The lowest BCUT2D eigenvalue weighted by molar-refractivity contribution is -0.144. The molecule has 88 heavy (non-hydrogen) atoms. The largest absolute Gasteiger partial charge is 0.481 e. The number of carbonyl (C=O) groups is 4. The van der Waals surface area contributed by atoms with E-state index in [1.807, 2.05) is 0 Å². The SMILES string of the molecule is CCCCCCCCCCCCCCCCCCC(CCCCCCCCCCCCCCCCCC)(CC(=O)O)SCCC(=O)O.CCCCCCCCCCCCCCCCCCOC(=O)CCSCCC(=O)OCCCCCCCCCCCC. The zero-order valence-electron chi connectivity index (χ0n) is 59.5. The van der Waals surface area contributed by atoms with Gasteiger partial charge in [0.05, 0.1) is 38.9 Å². The highest BCUT2D eigenvalue weighted by Crippen LogP contribution is 2.40. The average molecular weight is 1280 g/mol. The van der Waals surface area contributed by atoms with Crippen LogP contribution >= 0.6 is 23.5 Å². The normalized spacial score (nSPS) is 11.5. The quantitative estimate of drug-likeness (QED) is 0.0449. The van der Waals surface area contributed by atoms with Gasteiger partial charge in [-0.3, -0.25) is 19.2 Å². The van der Waals surface area contributed by atoms with Crippen molar-refractivity contribution >= 4 is 47.4 Å². The number of thioether (sulfide) groups is 2. The molecule has 0 fully saturated rings. The molecule has 2 N–H and O–H groups in total. The van der Waals surface area contributed by atoms with Gasteiger partial charge in [0.1, 0.15) is 0 Å². The fourth-order valence-corrected chi connectivity index (χ4v) is 14.6. The number of hydrogen-bond acceptors (Lipinski definition) is 8. The van der Waals surface area contributed by atoms with Gasteiger partial charge in [-0.1, -0.05) is 387 Å². The van der Waals surface area contributed by atoms with E-state index in [1.54, 1.807) is 23.5 Å². The van der Waals surface area contributed by atoms with Crippen LogP contribution < -0.4 is 0 Å². The third-order valence-corrected chi connectivity index (χ3v) is 20.7. The highest BCUT2D eigenvalue weighted by Gasteiger charge is 2.32. The van der Waals surface area contributed by atoms with Crippen LogP contribution in [0.3, 0.4) is 0 Å². The minimum atomic E-state index is -0.786. The molecule has 8 nitrogen and oxygen atoms in total. The molecule has 0 heterocycles. The summed E-state index contributed by atoms with van der Waals surface area (Å²) in [4.78, 5) is 46.9. The first-order chi connectivity index (χ1) is 43.2. The fourth-order valence-electron chi connectivity index (χ4n) is 12.3. The van der Waals surface area contributed by atoms with Crippen LogP contribution in [0.2, 0.25) is 0 Å². The molecule has 524 valence electrons. The van der Waals surface area contributed by atoms with Gasteiger partial charge >= 0.3 is 23.9 Å². The lowest BCUT2D eigenvalue weighted by Crippen LogP contribution is -2.29. The molecule has 0 radical (unpaired) electrons. The second-order valence-electron chi connectivity index (χ2n) is 26.9. The van der Waals surface area contributed by atoms with Crippen molar-refractivity contribution in [3.63, 3.8) is 0 Å². The van der Waals surface area contributed by atoms with Gasteiger partial charge in [0.15, 0.2) is 0 Å². The van der Waals surface area contributed by atoms with Crippen LogP contribution in [0.25, 0.3) is 0 Å². The molecule has 0 rings (SSSR count). The highest BCUT2D eigenvalue weighted by atomic mass is 32.2. The molecular formula is C78H152O8S2. The number of aliphatic carboxylic acids is 2. The molecule has 0 unspecified atom stereocenters. The highest BCUT2D eigenvalue weighted by molar-refractivity contribution is 8.00. The standard InChI is InChI=1S/C42H82O4S.C36H70O4S/c1-3-5-7-9-11-13-15-17-19-21-23-25-27-29-31-33-36-42(39-41(45)46,47-38-35-40(43)44)37-34-32-30-28-26-24-22-20-18-16-14-12-10-8-6-4-2;1-3-5-7-9-11-13-15-16-17-18-19-20-22-24-26-28-32-40-36(38)30-34-41-33-29-35(37)39-31-27-25-23-21-14-12-10-8-6-4-2/h3-39H2,1-2H3,(H,43,44)(H,45,46);3-34H2,1-2H3. The monoisotopic (exact) mass is 1280 g/mol. The summed E-state index contributed by atoms with van der Waals surface area (Å²) in [6, 6.07) is 0. The third kappa shape index (κ3) is 75.3. The van der Waals surface area contributed by atoms with E-state index in [-0.39, 0.29) is 29.5 Å². The lowest BCUT2D eigenvalue weighted by Gasteiger charge is -2.32. The molecule has 0 bridgehead atoms. The molecule has 0 aromatic carbocycles. The number of ether oxygens (including phenoxy) is 2. The molecule has 0 aliphatic rings. The predicted molar refractivity (Wildman–Crippen MR) is 388 cm³/mol. The van der Waals surface area contributed by atoms with E-state index in [2.05, 4.69) is 27.7 Å². The summed E-state index contributed by atoms with van der Waals surface area (Å²) >= 11 is 3.27. The first-order valence-electron chi connectivity index (χ1n) is 39.1. The van der Waals surface area contributed by atoms with Crippen LogP contribution in [0.1, 0.15) is 439 Å². The summed E-state index contributed by atoms with van der Waals surface area (Å²) in [5.41, 5.74) is 0. The zero-order chi connectivity index (χ0) is 64.4. The molecule has 0 saturated carbocycles. The molecule has 0 aliphatic carbocycles. The Morgan fingerprint density at radius 2 is 0.489 bits per heavy atom. The molecule has 0 aromatic heterocycles. The second kappa shape index (κ2) is 76.3. The maximum atomic E-state index is 11.9. The van der Waals surface area contributed by atoms with Gasteiger partial charge in [-0.15, -0.1) is 0 Å². The van der Waals surface area contributed by atoms with Crippen molar-refractivity contribution in [1.29, 1.82) is 0 Å². The van der Waals surface area contributed by atoms with Crippen LogP contribution in [-0.2, 0) is 28.7 Å². The van der Waals surface area contributed by atoms with Crippen molar-refractivity contribution in [3.05, 3.63) is 0 Å². The van der Waals surface area contributed by atoms with E-state index in [0.29, 0.717) is 43.3 Å². The van der Waals surface area contributed by atoms with Crippen molar-refractivity contribution < 1.29 is 38.9 Å². The Labute approximate surface area is 557 Å². The van der Waals surface area contributed by atoms with Gasteiger partial charge in [-0.05, 0) is 25.7 Å². The first kappa shape index (κ1) is 88.6. The average Bonchev–Trinajstić information content (AvgIpc) is 3.67. The van der Waals surface area contributed by atoms with Crippen molar-refractivity contribution in [2.24, 2.45) is 0 Å². The van der Waals surface area contributed by atoms with E-state index >= 15 is 0 Å². The van der Waals surface area contributed by atoms with Crippen molar-refractivity contribution in [2.45, 2.75) is 443 Å². The summed E-state index contributed by atoms with van der Waals surface area (Å²) in [5, 5.41) is 19.0. The number of unbranched alkanes of at least 4 members (excludes halogenated alkanes) is 54. The Bertz CT molecular complexity index is 1380. The van der Waals surface area contributed by atoms with Gasteiger partial charge in [-0.2, -0.15) is 23.5 Å². The molecule has 0 saturated heterocycles. The molecular weight excluding hydrogens is 1130 g/mol. The van der Waals surface area contributed by atoms with Crippen molar-refractivity contribution in [1.82, 2.24) is 0 Å². The summed E-state index contributed by atoms with van der Waals surface area (Å²) in [6.07, 6.45) is 80.1. The van der Waals surface area contributed by atoms with E-state index in [9.17, 15) is 29.4 Å². The summed E-state index contributed by atoms with van der Waals surface area (Å²) in [6.45, 7) is 10.2. The smallest absolute Gasteiger partial charge is 0.306 e. The number of carbonyl (C=O) groups excluding carboxylic acids is 2. The molecule has 10 heteroatoms. The van der Waals surface area contributed by atoms with Crippen molar-refractivity contribution in [3.8, 4) is 0 Å². The van der Waals surface area contributed by atoms with Crippen LogP contribution in [0.15, 0.2) is 0 Å². The third-order valence-electron chi connectivity index (χ3n) is 18.1. The Balaban J connectivity index is 0. The Kier molecular flexibility index (Phi) is 76.8. The number of hydrogen-bond donors (Lipinski definition) is 2. The van der Waals surface area contributed by atoms with Crippen molar-refractivity contribution in [2.75, 3.05) is 30.5 Å². The van der Waals surface area contributed by atoms with Crippen LogP contribution in [-0.4, -0.2) is 69.3 Å². The van der Waals surface area contributed by atoms with Crippen LogP contribution in [0.5, 0.6) is 0 Å². The Hall–Kier alpha value is -1.42. The van der Waals surface area contributed by atoms with E-state index < -0.39 is 11.9 Å².